The predicted molar refractivity (Wildman–Crippen MR) is 67.8 cm³/mol. The molecule has 1 aliphatic rings. The van der Waals surface area contributed by atoms with Crippen molar-refractivity contribution in [1.29, 1.82) is 0 Å². The molecule has 1 fully saturated rings. The molecule has 3 rings (SSSR count). The number of nitrogens with one attached hydrogen (secondary N) is 2. The van der Waals surface area contributed by atoms with Crippen molar-refractivity contribution in [2.45, 2.75) is 13.0 Å². The van der Waals surface area contributed by atoms with Crippen LogP contribution in [-0.2, 0) is 4.74 Å². The highest BCUT2D eigenvalue weighted by Gasteiger charge is 2.23. The van der Waals surface area contributed by atoms with Crippen molar-refractivity contribution >= 4 is 16.8 Å². The number of rotatable bonds is 2. The van der Waals surface area contributed by atoms with E-state index < -0.39 is 0 Å². The summed E-state index contributed by atoms with van der Waals surface area (Å²) in [6.45, 7) is 3.87. The maximum Gasteiger partial charge on any atom is 0.192 e. The van der Waals surface area contributed by atoms with Crippen LogP contribution in [0.25, 0.3) is 11.0 Å². The van der Waals surface area contributed by atoms with E-state index in [1.807, 2.05) is 25.1 Å². The van der Waals surface area contributed by atoms with Gasteiger partial charge < -0.3 is 15.0 Å². The number of aryl methyl sites for hydroxylation is 1. The van der Waals surface area contributed by atoms with E-state index in [1.54, 1.807) is 0 Å². The van der Waals surface area contributed by atoms with Gasteiger partial charge in [0.1, 0.15) is 11.9 Å². The molecule has 94 valence electrons. The molecule has 0 saturated carbocycles. The third-order valence-electron chi connectivity index (χ3n) is 3.10. The van der Waals surface area contributed by atoms with Crippen molar-refractivity contribution in [3.8, 4) is 0 Å². The number of fused-ring (bicyclic) bond motifs is 1. The lowest BCUT2D eigenvalue weighted by atomic mass is 10.0. The van der Waals surface area contributed by atoms with Gasteiger partial charge in [0.05, 0.1) is 17.6 Å². The number of benzene rings is 1. The number of morpholine rings is 1. The summed E-state index contributed by atoms with van der Waals surface area (Å²) in [5.41, 5.74) is 2.44. The van der Waals surface area contributed by atoms with Crippen molar-refractivity contribution in [1.82, 2.24) is 15.3 Å². The summed E-state index contributed by atoms with van der Waals surface area (Å²) in [5.74, 6) is 0.876. The average molecular weight is 245 g/mol. The zero-order valence-electron chi connectivity index (χ0n) is 10.2. The van der Waals surface area contributed by atoms with Crippen molar-refractivity contribution in [3.05, 3.63) is 29.6 Å². The van der Waals surface area contributed by atoms with Gasteiger partial charge in [-0.1, -0.05) is 0 Å². The summed E-state index contributed by atoms with van der Waals surface area (Å²) < 4.78 is 5.47. The first-order chi connectivity index (χ1) is 8.74. The summed E-state index contributed by atoms with van der Waals surface area (Å²) in [5, 5.41) is 3.16. The lowest BCUT2D eigenvalue weighted by Crippen LogP contribution is -2.43. The van der Waals surface area contributed by atoms with E-state index in [0.717, 1.165) is 23.4 Å². The number of hydrogen-bond donors (Lipinski definition) is 2. The average Bonchev–Trinajstić information content (AvgIpc) is 2.78. The molecule has 0 aliphatic carbocycles. The number of ketones is 1. The number of H-pyrrole nitrogens is 1. The molecule has 2 heterocycles. The molecule has 2 N–H and O–H groups in total. The van der Waals surface area contributed by atoms with E-state index in [2.05, 4.69) is 15.3 Å². The summed E-state index contributed by atoms with van der Waals surface area (Å²) in [7, 11) is 0. The Labute approximate surface area is 105 Å². The van der Waals surface area contributed by atoms with Gasteiger partial charge in [-0.2, -0.15) is 0 Å². The Morgan fingerprint density at radius 1 is 1.50 bits per heavy atom. The molecule has 0 spiro atoms. The smallest absolute Gasteiger partial charge is 0.192 e. The molecule has 5 heteroatoms. The van der Waals surface area contributed by atoms with E-state index in [1.165, 1.54) is 0 Å². The first-order valence-corrected chi connectivity index (χ1v) is 6.07. The second-order valence-corrected chi connectivity index (χ2v) is 4.48. The first-order valence-electron chi connectivity index (χ1n) is 6.07. The van der Waals surface area contributed by atoms with E-state index in [9.17, 15) is 4.79 Å². The van der Waals surface area contributed by atoms with E-state index in [-0.39, 0.29) is 11.9 Å². The SMILES string of the molecule is Cc1nc2ccc(C(=O)C3CNCCO3)cc2[nH]1. The fraction of sp³-hybridized carbons (Fsp3) is 0.385. The van der Waals surface area contributed by atoms with Gasteiger partial charge in [-0.3, -0.25) is 4.79 Å². The molecule has 5 nitrogen and oxygen atoms in total. The zero-order chi connectivity index (χ0) is 12.5. The molecular formula is C13H15N3O2. The minimum atomic E-state index is -0.375. The summed E-state index contributed by atoms with van der Waals surface area (Å²) in [4.78, 5) is 19.7. The minimum Gasteiger partial charge on any atom is -0.367 e. The standard InChI is InChI=1S/C13H15N3O2/c1-8-15-10-3-2-9(6-11(10)16-8)13(17)12-7-14-4-5-18-12/h2-3,6,12,14H,4-5,7H2,1H3,(H,15,16). The number of Topliss-reactive ketones (excluding diaryl/α,β-unsaturated/α-hetero) is 1. The Morgan fingerprint density at radius 2 is 2.39 bits per heavy atom. The Balaban J connectivity index is 1.90. The molecule has 2 aromatic rings. The molecule has 1 saturated heterocycles. The van der Waals surface area contributed by atoms with Crippen LogP contribution in [0.3, 0.4) is 0 Å². The Bertz CT molecular complexity index is 585. The number of imidazole rings is 1. The zero-order valence-corrected chi connectivity index (χ0v) is 10.2. The maximum atomic E-state index is 12.3. The number of nitrogens with zero attached hydrogens (tertiary/aromatic N) is 1. The van der Waals surface area contributed by atoms with Gasteiger partial charge in [-0.25, -0.2) is 4.98 Å². The largest absolute Gasteiger partial charge is 0.367 e. The molecule has 0 radical (unpaired) electrons. The van der Waals surface area contributed by atoms with Crippen LogP contribution in [0.2, 0.25) is 0 Å². The third-order valence-corrected chi connectivity index (χ3v) is 3.10. The van der Waals surface area contributed by atoms with Crippen molar-refractivity contribution in [2.24, 2.45) is 0 Å². The highest BCUT2D eigenvalue weighted by molar-refractivity contribution is 6.02. The Kier molecular flexibility index (Phi) is 2.85. The lowest BCUT2D eigenvalue weighted by molar-refractivity contribution is 0.0269. The lowest BCUT2D eigenvalue weighted by Gasteiger charge is -2.22. The normalized spacial score (nSPS) is 20.2. The molecule has 0 bridgehead atoms. The minimum absolute atomic E-state index is 0.0244. The molecule has 0 amide bonds. The quantitative estimate of drug-likeness (QED) is 0.776. The fourth-order valence-corrected chi connectivity index (χ4v) is 2.21. The van der Waals surface area contributed by atoms with Crippen LogP contribution < -0.4 is 5.32 Å². The molecule has 1 atom stereocenters. The van der Waals surface area contributed by atoms with E-state index >= 15 is 0 Å². The maximum absolute atomic E-state index is 12.3. The molecule has 18 heavy (non-hydrogen) atoms. The van der Waals surface area contributed by atoms with Crippen LogP contribution in [0.5, 0.6) is 0 Å². The topological polar surface area (TPSA) is 67.0 Å². The number of aromatic amines is 1. The molecule has 1 aliphatic heterocycles. The van der Waals surface area contributed by atoms with Crippen LogP contribution >= 0.6 is 0 Å². The number of ether oxygens (including phenoxy) is 1. The van der Waals surface area contributed by atoms with Gasteiger partial charge in [0.25, 0.3) is 0 Å². The van der Waals surface area contributed by atoms with Gasteiger partial charge in [0, 0.05) is 18.7 Å². The Hall–Kier alpha value is -1.72. The second kappa shape index (κ2) is 4.51. The summed E-state index contributed by atoms with van der Waals surface area (Å²) >= 11 is 0. The highest BCUT2D eigenvalue weighted by Crippen LogP contribution is 2.16. The van der Waals surface area contributed by atoms with Gasteiger partial charge in [-0.15, -0.1) is 0 Å². The molecular weight excluding hydrogens is 230 g/mol. The number of hydrogen-bond acceptors (Lipinski definition) is 4. The van der Waals surface area contributed by atoms with Crippen LogP contribution in [0.1, 0.15) is 16.2 Å². The Morgan fingerprint density at radius 3 is 3.17 bits per heavy atom. The van der Waals surface area contributed by atoms with Crippen LogP contribution in [-0.4, -0.2) is 41.6 Å². The summed E-state index contributed by atoms with van der Waals surface area (Å²) in [6.07, 6.45) is -0.375. The number of carbonyl (C=O) groups excluding carboxylic acids is 1. The van der Waals surface area contributed by atoms with Gasteiger partial charge in [-0.05, 0) is 25.1 Å². The van der Waals surface area contributed by atoms with E-state index in [0.29, 0.717) is 18.7 Å². The van der Waals surface area contributed by atoms with Gasteiger partial charge in [0.15, 0.2) is 5.78 Å². The van der Waals surface area contributed by atoms with Crippen LogP contribution in [0, 0.1) is 6.92 Å². The fourth-order valence-electron chi connectivity index (χ4n) is 2.21. The monoisotopic (exact) mass is 245 g/mol. The molecule has 1 aromatic carbocycles. The van der Waals surface area contributed by atoms with Gasteiger partial charge in [0.2, 0.25) is 0 Å². The molecule has 1 unspecified atom stereocenters. The third kappa shape index (κ3) is 2.02. The summed E-state index contributed by atoms with van der Waals surface area (Å²) in [6, 6.07) is 5.51. The second-order valence-electron chi connectivity index (χ2n) is 4.48. The van der Waals surface area contributed by atoms with Crippen molar-refractivity contribution in [2.75, 3.05) is 19.7 Å². The van der Waals surface area contributed by atoms with Gasteiger partial charge >= 0.3 is 0 Å². The first kappa shape index (κ1) is 11.4. The van der Waals surface area contributed by atoms with Crippen molar-refractivity contribution < 1.29 is 9.53 Å². The number of aromatic nitrogens is 2. The van der Waals surface area contributed by atoms with Crippen LogP contribution in [0.4, 0.5) is 0 Å². The number of carbonyl (C=O) groups is 1. The van der Waals surface area contributed by atoms with Crippen molar-refractivity contribution in [3.63, 3.8) is 0 Å². The molecule has 1 aromatic heterocycles. The predicted octanol–water partition coefficient (Wildman–Crippen LogP) is 1.04. The highest BCUT2D eigenvalue weighted by atomic mass is 16.5. The van der Waals surface area contributed by atoms with Crippen LogP contribution in [0.15, 0.2) is 18.2 Å². The van der Waals surface area contributed by atoms with E-state index in [4.69, 9.17) is 4.74 Å².